The molecule has 0 aliphatic heterocycles. The number of benzene rings is 1. The molecule has 1 aromatic heterocycles. The molecule has 62 valence electrons. The maximum absolute atomic E-state index is 9.30. The molecule has 0 saturated carbocycles. The third kappa shape index (κ3) is 0.887. The number of aromatic hydroxyl groups is 2. The summed E-state index contributed by atoms with van der Waals surface area (Å²) in [5.41, 5.74) is 6.11. The number of nitrogens with two attached hydrogens (primary N) is 1. The van der Waals surface area contributed by atoms with Gasteiger partial charge in [0.1, 0.15) is 11.5 Å². The molecule has 0 fully saturated rings. The molecule has 0 aliphatic carbocycles. The highest BCUT2D eigenvalue weighted by atomic mass is 32.1. The van der Waals surface area contributed by atoms with Crippen molar-refractivity contribution >= 4 is 27.1 Å². The van der Waals surface area contributed by atoms with Gasteiger partial charge >= 0.3 is 0 Å². The van der Waals surface area contributed by atoms with Crippen LogP contribution in [0.1, 0.15) is 0 Å². The van der Waals surface area contributed by atoms with Crippen molar-refractivity contribution in [2.75, 3.05) is 5.73 Å². The lowest BCUT2D eigenvalue weighted by atomic mass is 10.2. The molecule has 1 heterocycles. The second kappa shape index (κ2) is 2.28. The molecule has 4 N–H and O–H groups in total. The Labute approximate surface area is 72.7 Å². The van der Waals surface area contributed by atoms with Crippen LogP contribution in [0.2, 0.25) is 0 Å². The van der Waals surface area contributed by atoms with Crippen LogP contribution in [-0.4, -0.2) is 10.2 Å². The van der Waals surface area contributed by atoms with Crippen molar-refractivity contribution in [1.82, 2.24) is 0 Å². The van der Waals surface area contributed by atoms with Crippen LogP contribution < -0.4 is 5.73 Å². The molecule has 4 heteroatoms. The molecule has 0 saturated heterocycles. The summed E-state index contributed by atoms with van der Waals surface area (Å²) < 4.78 is 0.810. The van der Waals surface area contributed by atoms with Gasteiger partial charge < -0.3 is 15.9 Å². The first-order valence-corrected chi connectivity index (χ1v) is 4.25. The first kappa shape index (κ1) is 7.24. The van der Waals surface area contributed by atoms with Crippen molar-refractivity contribution in [2.24, 2.45) is 0 Å². The van der Waals surface area contributed by atoms with Gasteiger partial charge in [-0.25, -0.2) is 0 Å². The number of hydrogen-bond acceptors (Lipinski definition) is 4. The third-order valence-electron chi connectivity index (χ3n) is 1.67. The van der Waals surface area contributed by atoms with Crippen molar-refractivity contribution in [3.05, 3.63) is 17.5 Å². The maximum atomic E-state index is 9.30. The van der Waals surface area contributed by atoms with Gasteiger partial charge in [-0.3, -0.25) is 0 Å². The fraction of sp³-hybridized carbons (Fsp3) is 0. The van der Waals surface area contributed by atoms with Crippen LogP contribution in [0, 0.1) is 0 Å². The van der Waals surface area contributed by atoms with Crippen LogP contribution in [0.4, 0.5) is 5.69 Å². The van der Waals surface area contributed by atoms with Crippen LogP contribution in [0.5, 0.6) is 11.5 Å². The number of hydrogen-bond donors (Lipinski definition) is 3. The highest BCUT2D eigenvalue weighted by Gasteiger charge is 2.06. The van der Waals surface area contributed by atoms with Crippen LogP contribution in [0.15, 0.2) is 17.5 Å². The number of fused-ring (bicyclic) bond motifs is 1. The number of phenolic OH excluding ortho intramolecular Hbond substituents is 1. The molecule has 0 radical (unpaired) electrons. The molecule has 2 aromatic rings. The summed E-state index contributed by atoms with van der Waals surface area (Å²) in [5.74, 6) is 0.242. The fourth-order valence-electron chi connectivity index (χ4n) is 1.14. The number of thiophene rings is 1. The predicted octanol–water partition coefficient (Wildman–Crippen LogP) is 1.89. The zero-order chi connectivity index (χ0) is 8.72. The minimum Gasteiger partial charge on any atom is -0.508 e. The van der Waals surface area contributed by atoms with Gasteiger partial charge in [0.25, 0.3) is 0 Å². The lowest BCUT2D eigenvalue weighted by Crippen LogP contribution is -1.83. The fourth-order valence-corrected chi connectivity index (χ4v) is 1.98. The summed E-state index contributed by atoms with van der Waals surface area (Å²) in [7, 11) is 0. The smallest absolute Gasteiger partial charge is 0.134 e. The van der Waals surface area contributed by atoms with E-state index >= 15 is 0 Å². The lowest BCUT2D eigenvalue weighted by molar-refractivity contribution is 0.473. The molecule has 12 heavy (non-hydrogen) atoms. The van der Waals surface area contributed by atoms with E-state index in [9.17, 15) is 5.11 Å². The Morgan fingerprint density at radius 3 is 2.75 bits per heavy atom. The van der Waals surface area contributed by atoms with Gasteiger partial charge in [0, 0.05) is 16.8 Å². The van der Waals surface area contributed by atoms with E-state index < -0.39 is 0 Å². The van der Waals surface area contributed by atoms with Gasteiger partial charge in [0.05, 0.1) is 10.4 Å². The minimum atomic E-state index is 0.0775. The number of rotatable bonds is 0. The highest BCUT2D eigenvalue weighted by Crippen LogP contribution is 2.37. The van der Waals surface area contributed by atoms with E-state index in [4.69, 9.17) is 10.8 Å². The molecule has 0 atom stereocenters. The van der Waals surface area contributed by atoms with E-state index in [0.717, 1.165) is 4.70 Å². The first-order valence-electron chi connectivity index (χ1n) is 3.37. The zero-order valence-electron chi connectivity index (χ0n) is 6.11. The normalized spacial score (nSPS) is 10.7. The Balaban J connectivity index is 2.92. The summed E-state index contributed by atoms with van der Waals surface area (Å²) >= 11 is 1.36. The van der Waals surface area contributed by atoms with Crippen LogP contribution in [0.25, 0.3) is 10.1 Å². The van der Waals surface area contributed by atoms with Crippen LogP contribution in [0.3, 0.4) is 0 Å². The first-order chi connectivity index (χ1) is 5.68. The van der Waals surface area contributed by atoms with E-state index in [1.807, 2.05) is 0 Å². The Morgan fingerprint density at radius 1 is 1.25 bits per heavy atom. The SMILES string of the molecule is Nc1cc(O)cc2c(O)csc12. The summed E-state index contributed by atoms with van der Waals surface area (Å²) in [4.78, 5) is 0. The average molecular weight is 181 g/mol. The van der Waals surface area contributed by atoms with E-state index in [1.165, 1.54) is 23.5 Å². The Morgan fingerprint density at radius 2 is 2.00 bits per heavy atom. The van der Waals surface area contributed by atoms with Gasteiger partial charge in [0.2, 0.25) is 0 Å². The van der Waals surface area contributed by atoms with Crippen LogP contribution in [-0.2, 0) is 0 Å². The third-order valence-corrected chi connectivity index (χ3v) is 2.70. The summed E-state index contributed by atoms with van der Waals surface area (Å²) in [6.07, 6.45) is 0. The maximum Gasteiger partial charge on any atom is 0.134 e. The number of nitrogen functional groups attached to an aromatic ring is 1. The second-order valence-electron chi connectivity index (χ2n) is 2.53. The minimum absolute atomic E-state index is 0.0775. The lowest BCUT2D eigenvalue weighted by Gasteiger charge is -1.97. The number of phenols is 1. The predicted molar refractivity (Wildman–Crippen MR) is 49.6 cm³/mol. The molecule has 2 rings (SSSR count). The summed E-state index contributed by atoms with van der Waals surface area (Å²) in [5, 5.41) is 20.7. The van der Waals surface area contributed by atoms with E-state index in [0.29, 0.717) is 11.1 Å². The van der Waals surface area contributed by atoms with Crippen molar-refractivity contribution < 1.29 is 10.2 Å². The van der Waals surface area contributed by atoms with Crippen molar-refractivity contribution in [3.8, 4) is 11.5 Å². The molecule has 1 aromatic carbocycles. The Kier molecular flexibility index (Phi) is 1.38. The van der Waals surface area contributed by atoms with E-state index in [-0.39, 0.29) is 11.5 Å². The molecule has 0 aliphatic rings. The second-order valence-corrected chi connectivity index (χ2v) is 3.41. The molecule has 0 unspecified atom stereocenters. The molecule has 0 spiro atoms. The van der Waals surface area contributed by atoms with Crippen molar-refractivity contribution in [1.29, 1.82) is 0 Å². The van der Waals surface area contributed by atoms with E-state index in [1.54, 1.807) is 5.38 Å². The zero-order valence-corrected chi connectivity index (χ0v) is 6.93. The molecule has 0 amide bonds. The standard InChI is InChI=1S/C8H7NO2S/c9-6-2-4(10)1-5-7(11)3-12-8(5)6/h1-3,10-11H,9H2. The topological polar surface area (TPSA) is 66.5 Å². The van der Waals surface area contributed by atoms with Gasteiger partial charge in [-0.1, -0.05) is 0 Å². The number of anilines is 1. The summed E-state index contributed by atoms with van der Waals surface area (Å²) in [6.45, 7) is 0. The highest BCUT2D eigenvalue weighted by molar-refractivity contribution is 7.18. The van der Waals surface area contributed by atoms with Gasteiger partial charge in [-0.2, -0.15) is 0 Å². The molecular formula is C8H7NO2S. The quantitative estimate of drug-likeness (QED) is 0.544. The van der Waals surface area contributed by atoms with Crippen molar-refractivity contribution in [2.45, 2.75) is 0 Å². The molecular weight excluding hydrogens is 174 g/mol. The Bertz CT molecular complexity index is 436. The summed E-state index contributed by atoms with van der Waals surface area (Å²) in [6, 6.07) is 2.97. The van der Waals surface area contributed by atoms with E-state index in [2.05, 4.69) is 0 Å². The van der Waals surface area contributed by atoms with Gasteiger partial charge in [-0.15, -0.1) is 11.3 Å². The average Bonchev–Trinajstić information content (AvgIpc) is 2.33. The molecule has 0 bridgehead atoms. The van der Waals surface area contributed by atoms with Crippen molar-refractivity contribution in [3.63, 3.8) is 0 Å². The van der Waals surface area contributed by atoms with Crippen LogP contribution >= 0.6 is 11.3 Å². The van der Waals surface area contributed by atoms with Gasteiger partial charge in [-0.05, 0) is 6.07 Å². The molecule has 3 nitrogen and oxygen atoms in total. The van der Waals surface area contributed by atoms with Gasteiger partial charge in [0.15, 0.2) is 0 Å². The Hall–Kier alpha value is -1.42. The monoisotopic (exact) mass is 181 g/mol. The largest absolute Gasteiger partial charge is 0.508 e.